The Balaban J connectivity index is 1.78. The van der Waals surface area contributed by atoms with Crippen molar-refractivity contribution in [3.63, 3.8) is 0 Å². The van der Waals surface area contributed by atoms with Gasteiger partial charge in [0.15, 0.2) is 0 Å². The van der Waals surface area contributed by atoms with Crippen molar-refractivity contribution in [2.75, 3.05) is 0 Å². The molecule has 0 spiro atoms. The van der Waals surface area contributed by atoms with Crippen molar-refractivity contribution < 1.29 is 0 Å². The minimum absolute atomic E-state index is 0.0751. The molecule has 0 saturated carbocycles. The number of fused-ring (bicyclic) bond motifs is 4. The topological polar surface area (TPSA) is 12.9 Å². The number of benzene rings is 3. The number of aryl methyl sites for hydroxylation is 1. The molecule has 0 aliphatic heterocycles. The van der Waals surface area contributed by atoms with Crippen LogP contribution in [0.5, 0.6) is 0 Å². The SMILES string of the molecule is Cc1c(CC(C)(C)C)ccc2c1[te]c1c(-c3cc(C(C)(C)C)c4ccccc4c3)nccc12. The van der Waals surface area contributed by atoms with E-state index in [0.29, 0.717) is 5.41 Å². The van der Waals surface area contributed by atoms with Crippen molar-refractivity contribution in [3.05, 3.63) is 77.5 Å². The van der Waals surface area contributed by atoms with E-state index >= 15 is 0 Å². The Labute approximate surface area is 207 Å². The molecule has 0 radical (unpaired) electrons. The average molecular weight is 547 g/mol. The van der Waals surface area contributed by atoms with Crippen LogP contribution >= 0.6 is 0 Å². The van der Waals surface area contributed by atoms with Gasteiger partial charge in [-0.2, -0.15) is 0 Å². The molecule has 2 heteroatoms. The molecule has 0 aliphatic carbocycles. The number of rotatable bonds is 2. The van der Waals surface area contributed by atoms with Gasteiger partial charge in [0.25, 0.3) is 0 Å². The van der Waals surface area contributed by atoms with Gasteiger partial charge in [0.2, 0.25) is 0 Å². The molecule has 33 heavy (non-hydrogen) atoms. The molecule has 0 N–H and O–H groups in total. The standard InChI is InChI=1S/C31H33NTe/c1-19-21(18-30(2,3)4)12-13-24-25-14-15-32-27(29(25)33-28(19)24)22-16-20-10-8-9-11-23(20)26(17-22)31(5,6)7/h8-17H,18H2,1-7H3. The van der Waals surface area contributed by atoms with Gasteiger partial charge in [-0.25, -0.2) is 0 Å². The Hall–Kier alpha value is -2.14. The zero-order chi connectivity index (χ0) is 23.5. The van der Waals surface area contributed by atoms with Gasteiger partial charge < -0.3 is 0 Å². The average Bonchev–Trinajstić information content (AvgIpc) is 3.13. The third kappa shape index (κ3) is 4.14. The van der Waals surface area contributed by atoms with Gasteiger partial charge in [-0.3, -0.25) is 0 Å². The number of aromatic nitrogens is 1. The van der Waals surface area contributed by atoms with Crippen LogP contribution in [0.4, 0.5) is 0 Å². The van der Waals surface area contributed by atoms with Crippen LogP contribution in [0.1, 0.15) is 58.2 Å². The van der Waals surface area contributed by atoms with Crippen LogP contribution in [-0.4, -0.2) is 25.4 Å². The summed E-state index contributed by atoms with van der Waals surface area (Å²) in [6.07, 6.45) is 3.14. The fraction of sp³-hybridized carbons (Fsp3) is 0.323. The van der Waals surface area contributed by atoms with Crippen LogP contribution < -0.4 is 0 Å². The Morgan fingerprint density at radius 2 is 1.52 bits per heavy atom. The molecule has 2 aromatic heterocycles. The summed E-state index contributed by atoms with van der Waals surface area (Å²) in [5.74, 6) is 0. The molecule has 1 nitrogen and oxygen atoms in total. The van der Waals surface area contributed by atoms with Crippen molar-refractivity contribution >= 4 is 48.8 Å². The Bertz CT molecular complexity index is 1510. The van der Waals surface area contributed by atoms with Crippen LogP contribution in [0.2, 0.25) is 0 Å². The molecule has 0 aliphatic rings. The van der Waals surface area contributed by atoms with E-state index in [0.717, 1.165) is 6.42 Å². The first-order valence-corrected chi connectivity index (χ1v) is 14.2. The summed E-state index contributed by atoms with van der Waals surface area (Å²) in [5.41, 5.74) is 7.25. The number of nitrogens with zero attached hydrogens (tertiary/aromatic N) is 1. The molecule has 0 amide bonds. The van der Waals surface area contributed by atoms with Crippen LogP contribution in [0.3, 0.4) is 0 Å². The number of hydrogen-bond acceptors (Lipinski definition) is 1. The van der Waals surface area contributed by atoms with Gasteiger partial charge >= 0.3 is 208 Å². The molecule has 0 saturated heterocycles. The number of hydrogen-bond donors (Lipinski definition) is 0. The van der Waals surface area contributed by atoms with E-state index in [1.807, 2.05) is 6.20 Å². The number of pyridine rings is 1. The summed E-state index contributed by atoms with van der Waals surface area (Å²) in [7, 11) is 0. The maximum absolute atomic E-state index is 4.98. The first kappa shape index (κ1) is 22.6. The van der Waals surface area contributed by atoms with E-state index in [1.165, 1.54) is 52.9 Å². The van der Waals surface area contributed by atoms with Gasteiger partial charge in [0, 0.05) is 0 Å². The van der Waals surface area contributed by atoms with Crippen molar-refractivity contribution in [1.82, 2.24) is 4.98 Å². The van der Waals surface area contributed by atoms with E-state index in [-0.39, 0.29) is 5.41 Å². The van der Waals surface area contributed by atoms with E-state index in [2.05, 4.69) is 103 Å². The zero-order valence-corrected chi connectivity index (χ0v) is 23.2. The Morgan fingerprint density at radius 3 is 2.24 bits per heavy atom. The zero-order valence-electron chi connectivity index (χ0n) is 20.8. The summed E-state index contributed by atoms with van der Waals surface area (Å²) in [4.78, 5) is 4.98. The van der Waals surface area contributed by atoms with Gasteiger partial charge in [-0.05, 0) is 0 Å². The molecule has 2 heterocycles. The van der Waals surface area contributed by atoms with Gasteiger partial charge in [0.05, 0.1) is 0 Å². The quantitative estimate of drug-likeness (QED) is 0.202. The molecule has 0 bridgehead atoms. The summed E-state index contributed by atoms with van der Waals surface area (Å²) in [6.45, 7) is 16.3. The summed E-state index contributed by atoms with van der Waals surface area (Å²) in [6, 6.07) is 20.5. The second-order valence-electron chi connectivity index (χ2n) is 11.6. The van der Waals surface area contributed by atoms with Crippen LogP contribution in [0.25, 0.3) is 39.6 Å². The molecule has 5 rings (SSSR count). The molecule has 0 unspecified atom stereocenters. The molecule has 5 aromatic rings. The van der Waals surface area contributed by atoms with Crippen molar-refractivity contribution in [2.24, 2.45) is 5.41 Å². The van der Waals surface area contributed by atoms with Crippen LogP contribution in [0, 0.1) is 12.3 Å². The first-order valence-electron chi connectivity index (χ1n) is 11.9. The normalized spacial score (nSPS) is 12.8. The molecule has 3 aromatic carbocycles. The second kappa shape index (κ2) is 7.97. The second-order valence-corrected chi connectivity index (χ2v) is 14.5. The third-order valence-corrected chi connectivity index (χ3v) is 10.4. The van der Waals surface area contributed by atoms with Gasteiger partial charge in [-0.1, -0.05) is 0 Å². The molecule has 168 valence electrons. The fourth-order valence-electron chi connectivity index (χ4n) is 4.98. The van der Waals surface area contributed by atoms with Gasteiger partial charge in [0.1, 0.15) is 0 Å². The third-order valence-electron chi connectivity index (χ3n) is 6.58. The predicted octanol–water partition coefficient (Wildman–Crippen LogP) is 8.46. The monoisotopic (exact) mass is 549 g/mol. The van der Waals surface area contributed by atoms with E-state index in [9.17, 15) is 0 Å². The first-order chi connectivity index (χ1) is 15.5. The summed E-state index contributed by atoms with van der Waals surface area (Å²) < 4.78 is 3.12. The summed E-state index contributed by atoms with van der Waals surface area (Å²) in [5, 5.41) is 5.51. The van der Waals surface area contributed by atoms with Crippen molar-refractivity contribution in [1.29, 1.82) is 0 Å². The van der Waals surface area contributed by atoms with Gasteiger partial charge in [-0.15, -0.1) is 0 Å². The molecular formula is C31H33NTe. The van der Waals surface area contributed by atoms with E-state index < -0.39 is 20.4 Å². The van der Waals surface area contributed by atoms with E-state index in [1.54, 1.807) is 3.40 Å². The predicted molar refractivity (Wildman–Crippen MR) is 146 cm³/mol. The van der Waals surface area contributed by atoms with Crippen molar-refractivity contribution in [3.8, 4) is 11.3 Å². The minimum atomic E-state index is -0.497. The Kier molecular flexibility index (Phi) is 5.47. The molecular weight excluding hydrogens is 514 g/mol. The Morgan fingerprint density at radius 1 is 0.788 bits per heavy atom. The fourth-order valence-corrected chi connectivity index (χ4v) is 8.78. The maximum atomic E-state index is 4.98. The van der Waals surface area contributed by atoms with Crippen LogP contribution in [0.15, 0.2) is 60.8 Å². The van der Waals surface area contributed by atoms with Crippen molar-refractivity contribution in [2.45, 2.75) is 60.3 Å². The van der Waals surface area contributed by atoms with Crippen LogP contribution in [-0.2, 0) is 11.8 Å². The van der Waals surface area contributed by atoms with E-state index in [4.69, 9.17) is 4.98 Å². The molecule has 0 fully saturated rings. The summed E-state index contributed by atoms with van der Waals surface area (Å²) >= 11 is -0.497. The molecule has 0 atom stereocenters.